The molecule has 5 heterocycles. The van der Waals surface area contributed by atoms with E-state index in [1.165, 1.54) is 12.8 Å². The van der Waals surface area contributed by atoms with Gasteiger partial charge in [-0.3, -0.25) is 4.79 Å². The number of amides is 1. The summed E-state index contributed by atoms with van der Waals surface area (Å²) in [6.07, 6.45) is 7.60. The van der Waals surface area contributed by atoms with Crippen LogP contribution < -0.4 is 0 Å². The molecule has 4 atom stereocenters. The molecule has 3 aliphatic rings. The van der Waals surface area contributed by atoms with Crippen molar-refractivity contribution in [3.8, 4) is 11.5 Å². The summed E-state index contributed by atoms with van der Waals surface area (Å²) in [6, 6.07) is 4.43. The van der Waals surface area contributed by atoms with E-state index in [1.807, 2.05) is 23.9 Å². The lowest BCUT2D eigenvalue weighted by atomic mass is 9.53. The van der Waals surface area contributed by atoms with Gasteiger partial charge in [0.05, 0.1) is 11.3 Å². The van der Waals surface area contributed by atoms with Crippen molar-refractivity contribution in [3.05, 3.63) is 36.4 Å². The highest BCUT2D eigenvalue weighted by atomic mass is 16.2. The molecule has 0 bridgehead atoms. The lowest BCUT2D eigenvalue weighted by Gasteiger charge is -2.52. The maximum atomic E-state index is 13.3. The molecule has 0 N–H and O–H groups in total. The van der Waals surface area contributed by atoms with Gasteiger partial charge >= 0.3 is 0 Å². The number of rotatable bonds is 3. The van der Waals surface area contributed by atoms with E-state index in [0.717, 1.165) is 64.6 Å². The number of aromatic nitrogens is 6. The first kappa shape index (κ1) is 17.4. The van der Waals surface area contributed by atoms with Crippen molar-refractivity contribution in [1.82, 2.24) is 34.0 Å². The SMILES string of the molecule is CCn1c(-c2nc3cc(C(=O)N4C[C@H]5CC6C[C@@H]4[C@H]65)cnc3n2C)cc2cncnc21. The Labute approximate surface area is 178 Å². The Hall–Kier alpha value is -3.29. The van der Waals surface area contributed by atoms with Crippen LogP contribution in [-0.2, 0) is 13.6 Å². The molecule has 7 rings (SSSR count). The highest BCUT2D eigenvalue weighted by Gasteiger charge is 2.61. The topological polar surface area (TPSA) is 81.7 Å². The zero-order valence-electron chi connectivity index (χ0n) is 17.6. The van der Waals surface area contributed by atoms with Crippen LogP contribution in [0.5, 0.6) is 0 Å². The number of carbonyl (C=O) groups is 1. The smallest absolute Gasteiger partial charge is 0.255 e. The van der Waals surface area contributed by atoms with Crippen LogP contribution >= 0.6 is 0 Å². The Morgan fingerprint density at radius 3 is 2.84 bits per heavy atom. The van der Waals surface area contributed by atoms with Crippen LogP contribution in [0.25, 0.3) is 33.7 Å². The first-order valence-corrected chi connectivity index (χ1v) is 11.1. The molecule has 4 aromatic rings. The molecule has 4 aromatic heterocycles. The molecule has 3 fully saturated rings. The minimum atomic E-state index is 0.109. The standard InChI is InChI=1S/C23H23N7O/c1-3-29-18(7-13-8-24-11-26-20(13)29)22-27-16-5-14(9-25-21(16)28(22)2)23(31)30-10-15-4-12-6-17(30)19(12)15/h5,7-9,11-12,15,17,19H,3-4,6,10H2,1-2H3/t12?,15-,17-,19-/m1/s1. The molecule has 0 spiro atoms. The molecule has 1 saturated heterocycles. The molecule has 2 saturated carbocycles. The molecule has 1 amide bonds. The van der Waals surface area contributed by atoms with Gasteiger partial charge in [0.15, 0.2) is 11.5 Å². The predicted octanol–water partition coefficient (Wildman–Crippen LogP) is 2.88. The molecular weight excluding hydrogens is 390 g/mol. The second kappa shape index (κ2) is 5.90. The predicted molar refractivity (Wildman–Crippen MR) is 115 cm³/mol. The lowest BCUT2D eigenvalue weighted by Crippen LogP contribution is -2.53. The first-order chi connectivity index (χ1) is 15.1. The average molecular weight is 413 g/mol. The van der Waals surface area contributed by atoms with Gasteiger partial charge in [0.25, 0.3) is 5.91 Å². The van der Waals surface area contributed by atoms with E-state index < -0.39 is 0 Å². The molecule has 0 radical (unpaired) electrons. The van der Waals surface area contributed by atoms with E-state index in [2.05, 4.69) is 37.4 Å². The summed E-state index contributed by atoms with van der Waals surface area (Å²) in [5.74, 6) is 3.29. The van der Waals surface area contributed by atoms with Gasteiger partial charge in [-0.05, 0) is 49.7 Å². The van der Waals surface area contributed by atoms with Gasteiger partial charge in [-0.1, -0.05) is 0 Å². The van der Waals surface area contributed by atoms with E-state index in [1.54, 1.807) is 12.5 Å². The van der Waals surface area contributed by atoms with E-state index in [9.17, 15) is 4.79 Å². The first-order valence-electron chi connectivity index (χ1n) is 11.1. The van der Waals surface area contributed by atoms with Crippen molar-refractivity contribution < 1.29 is 4.79 Å². The van der Waals surface area contributed by atoms with Crippen molar-refractivity contribution in [2.75, 3.05) is 6.54 Å². The Bertz CT molecular complexity index is 1390. The van der Waals surface area contributed by atoms with Crippen LogP contribution in [0.2, 0.25) is 0 Å². The summed E-state index contributed by atoms with van der Waals surface area (Å²) in [4.78, 5) is 33.5. The lowest BCUT2D eigenvalue weighted by molar-refractivity contribution is -0.0204. The largest absolute Gasteiger partial charge is 0.335 e. The van der Waals surface area contributed by atoms with Crippen molar-refractivity contribution in [1.29, 1.82) is 0 Å². The van der Waals surface area contributed by atoms with Gasteiger partial charge < -0.3 is 14.0 Å². The molecular formula is C23H23N7O. The van der Waals surface area contributed by atoms with Crippen LogP contribution in [0, 0.1) is 17.8 Å². The summed E-state index contributed by atoms with van der Waals surface area (Å²) >= 11 is 0. The number of carbonyl (C=O) groups excluding carboxylic acids is 1. The van der Waals surface area contributed by atoms with E-state index in [4.69, 9.17) is 4.98 Å². The third kappa shape index (κ3) is 2.17. The molecule has 2 aliphatic carbocycles. The Balaban J connectivity index is 1.30. The van der Waals surface area contributed by atoms with Crippen molar-refractivity contribution in [3.63, 3.8) is 0 Å². The maximum absolute atomic E-state index is 13.3. The fourth-order valence-electron chi connectivity index (χ4n) is 6.29. The molecule has 8 nitrogen and oxygen atoms in total. The Morgan fingerprint density at radius 1 is 1.13 bits per heavy atom. The quantitative estimate of drug-likeness (QED) is 0.516. The van der Waals surface area contributed by atoms with E-state index in [-0.39, 0.29) is 5.91 Å². The Morgan fingerprint density at radius 2 is 2.03 bits per heavy atom. The summed E-state index contributed by atoms with van der Waals surface area (Å²) in [5.41, 5.74) is 4.03. The van der Waals surface area contributed by atoms with Gasteiger partial charge in [0, 0.05) is 44.0 Å². The third-order valence-electron chi connectivity index (χ3n) is 7.83. The van der Waals surface area contributed by atoms with Crippen LogP contribution in [0.4, 0.5) is 0 Å². The highest BCUT2D eigenvalue weighted by Crippen LogP contribution is 2.60. The number of hydrogen-bond acceptors (Lipinski definition) is 5. The minimum absolute atomic E-state index is 0.109. The molecule has 1 unspecified atom stereocenters. The number of aryl methyl sites for hydroxylation is 2. The number of nitrogens with zero attached hydrogens (tertiary/aromatic N) is 7. The minimum Gasteiger partial charge on any atom is -0.335 e. The fourth-order valence-corrected chi connectivity index (χ4v) is 6.29. The van der Waals surface area contributed by atoms with E-state index in [0.29, 0.717) is 11.6 Å². The van der Waals surface area contributed by atoms with Crippen molar-refractivity contribution in [2.45, 2.75) is 32.4 Å². The number of pyridine rings is 1. The van der Waals surface area contributed by atoms with Gasteiger partial charge in [-0.25, -0.2) is 19.9 Å². The molecule has 1 aliphatic heterocycles. The highest BCUT2D eigenvalue weighted by molar-refractivity contribution is 5.97. The summed E-state index contributed by atoms with van der Waals surface area (Å²) in [5, 5.41) is 0.984. The number of fused-ring (bicyclic) bond motifs is 2. The molecule has 156 valence electrons. The maximum Gasteiger partial charge on any atom is 0.255 e. The van der Waals surface area contributed by atoms with Crippen LogP contribution in [0.1, 0.15) is 30.1 Å². The van der Waals surface area contributed by atoms with Gasteiger partial charge in [-0.2, -0.15) is 0 Å². The normalized spacial score (nSPS) is 26.2. The second-order valence-corrected chi connectivity index (χ2v) is 9.23. The zero-order chi connectivity index (χ0) is 20.9. The molecule has 0 aromatic carbocycles. The summed E-state index contributed by atoms with van der Waals surface area (Å²) in [7, 11) is 1.97. The average Bonchev–Trinajstić information content (AvgIpc) is 3.30. The third-order valence-corrected chi connectivity index (χ3v) is 7.83. The van der Waals surface area contributed by atoms with Crippen molar-refractivity contribution >= 4 is 28.1 Å². The molecule has 8 heteroatoms. The van der Waals surface area contributed by atoms with Crippen LogP contribution in [-0.4, -0.2) is 52.5 Å². The second-order valence-electron chi connectivity index (χ2n) is 9.23. The van der Waals surface area contributed by atoms with E-state index >= 15 is 0 Å². The number of imidazole rings is 1. The zero-order valence-corrected chi connectivity index (χ0v) is 17.6. The van der Waals surface area contributed by atoms with Crippen LogP contribution in [0.3, 0.4) is 0 Å². The van der Waals surface area contributed by atoms with Crippen molar-refractivity contribution in [2.24, 2.45) is 24.8 Å². The van der Waals surface area contributed by atoms with Gasteiger partial charge in [-0.15, -0.1) is 0 Å². The Kier molecular flexibility index (Phi) is 3.31. The summed E-state index contributed by atoms with van der Waals surface area (Å²) in [6.45, 7) is 3.78. The van der Waals surface area contributed by atoms with Gasteiger partial charge in [0.2, 0.25) is 0 Å². The summed E-state index contributed by atoms with van der Waals surface area (Å²) < 4.78 is 4.13. The van der Waals surface area contributed by atoms with Crippen LogP contribution in [0.15, 0.2) is 30.9 Å². The fraction of sp³-hybridized carbons (Fsp3) is 0.435. The number of likely N-dealkylation sites (tertiary alicyclic amines) is 1. The van der Waals surface area contributed by atoms with Gasteiger partial charge in [0.1, 0.15) is 17.5 Å². The monoisotopic (exact) mass is 413 g/mol. The number of hydrogen-bond donors (Lipinski definition) is 0. The molecule has 31 heavy (non-hydrogen) atoms.